The molecule has 0 amide bonds. The molecule has 0 unspecified atom stereocenters. The molecule has 0 atom stereocenters. The topological polar surface area (TPSA) is 0 Å². The third kappa shape index (κ3) is 6.81. The minimum absolute atomic E-state index is 0.337. The summed E-state index contributed by atoms with van der Waals surface area (Å²) in [5.74, 6) is 0. The van der Waals surface area contributed by atoms with Crippen molar-refractivity contribution >= 4 is 7.26 Å². The van der Waals surface area contributed by atoms with Gasteiger partial charge in [0.2, 0.25) is 0 Å². The zero-order valence-electron chi connectivity index (χ0n) is 8.69. The second-order valence-corrected chi connectivity index (χ2v) is 8.92. The Kier molecular flexibility index (Phi) is 6.24. The highest BCUT2D eigenvalue weighted by Gasteiger charge is 2.26. The van der Waals surface area contributed by atoms with Gasteiger partial charge in [-0.2, -0.15) is 0 Å². The predicted molar refractivity (Wildman–Crippen MR) is 58.3 cm³/mol. The Labute approximate surface area is 73.1 Å². The fraction of sp³-hybridized carbons (Fsp3) is 1.00. The first-order chi connectivity index (χ1) is 5.12. The largest absolute Gasteiger partial charge is 0.0656 e. The third-order valence-corrected chi connectivity index (χ3v) is 5.08. The summed E-state index contributed by atoms with van der Waals surface area (Å²) >= 11 is 0. The van der Waals surface area contributed by atoms with Crippen molar-refractivity contribution in [1.82, 2.24) is 0 Å². The number of hydrogen-bond acceptors (Lipinski definition) is 0. The highest BCUT2D eigenvalue weighted by molar-refractivity contribution is 7.74. The highest BCUT2D eigenvalue weighted by atomic mass is 31.2. The van der Waals surface area contributed by atoms with Crippen molar-refractivity contribution in [3.05, 3.63) is 0 Å². The smallest absolute Gasteiger partial charge is 0.0589 e. The first-order valence-corrected chi connectivity index (χ1v) is 7.99. The van der Waals surface area contributed by atoms with Crippen molar-refractivity contribution in [2.45, 2.75) is 39.5 Å². The van der Waals surface area contributed by atoms with Crippen LogP contribution in [0.4, 0.5) is 0 Å². The van der Waals surface area contributed by atoms with Crippen LogP contribution in [0.1, 0.15) is 39.5 Å². The van der Waals surface area contributed by atoms with E-state index in [4.69, 9.17) is 0 Å². The SMILES string of the molecule is CCC.C[P+]1(C)CCCCC1. The van der Waals surface area contributed by atoms with Crippen LogP contribution in [0.3, 0.4) is 0 Å². The molecule has 1 aliphatic heterocycles. The van der Waals surface area contributed by atoms with Crippen molar-refractivity contribution in [2.75, 3.05) is 25.7 Å². The molecule has 68 valence electrons. The van der Waals surface area contributed by atoms with E-state index in [0.717, 1.165) is 0 Å². The zero-order chi connectivity index (χ0) is 8.74. The average Bonchev–Trinajstić information content (AvgIpc) is 1.88. The summed E-state index contributed by atoms with van der Waals surface area (Å²) in [6.07, 6.45) is 8.91. The van der Waals surface area contributed by atoms with E-state index in [2.05, 4.69) is 27.2 Å². The Morgan fingerprint density at radius 2 is 1.27 bits per heavy atom. The lowest BCUT2D eigenvalue weighted by Crippen LogP contribution is -2.06. The summed E-state index contributed by atoms with van der Waals surface area (Å²) in [7, 11) is -0.337. The monoisotopic (exact) mass is 175 g/mol. The van der Waals surface area contributed by atoms with Gasteiger partial charge < -0.3 is 0 Å². The van der Waals surface area contributed by atoms with Crippen LogP contribution in [0.15, 0.2) is 0 Å². The molecule has 0 radical (unpaired) electrons. The normalized spacial score (nSPS) is 21.8. The van der Waals surface area contributed by atoms with Gasteiger partial charge in [0.15, 0.2) is 0 Å². The molecule has 11 heavy (non-hydrogen) atoms. The number of hydrogen-bond donors (Lipinski definition) is 0. The van der Waals surface area contributed by atoms with Gasteiger partial charge in [-0.3, -0.25) is 0 Å². The van der Waals surface area contributed by atoms with Crippen LogP contribution in [-0.2, 0) is 0 Å². The fourth-order valence-electron chi connectivity index (χ4n) is 1.37. The van der Waals surface area contributed by atoms with Gasteiger partial charge in [0.1, 0.15) is 0 Å². The molecule has 0 aromatic heterocycles. The van der Waals surface area contributed by atoms with Crippen molar-refractivity contribution in [3.63, 3.8) is 0 Å². The van der Waals surface area contributed by atoms with E-state index in [9.17, 15) is 0 Å². The fourth-order valence-corrected chi connectivity index (χ4v) is 3.75. The Hall–Kier alpha value is 0.430. The molecule has 0 aromatic carbocycles. The maximum atomic E-state index is 2.49. The van der Waals surface area contributed by atoms with Crippen LogP contribution < -0.4 is 0 Å². The molecule has 1 fully saturated rings. The van der Waals surface area contributed by atoms with E-state index in [0.29, 0.717) is 0 Å². The highest BCUT2D eigenvalue weighted by Crippen LogP contribution is 2.54. The summed E-state index contributed by atoms with van der Waals surface area (Å²) < 4.78 is 0. The van der Waals surface area contributed by atoms with E-state index < -0.39 is 0 Å². The minimum atomic E-state index is -0.337. The van der Waals surface area contributed by atoms with Crippen LogP contribution in [0.2, 0.25) is 0 Å². The standard InChI is InChI=1S/C7H16P.C3H8/c1-8(2)6-4-3-5-7-8;1-3-2/h3-7H2,1-2H3;3H2,1-2H3/q+1;. The quantitative estimate of drug-likeness (QED) is 0.490. The minimum Gasteiger partial charge on any atom is -0.0656 e. The van der Waals surface area contributed by atoms with Crippen molar-refractivity contribution in [3.8, 4) is 0 Å². The molecular weight excluding hydrogens is 151 g/mol. The molecule has 0 aliphatic carbocycles. The molecule has 0 bridgehead atoms. The van der Waals surface area contributed by atoms with E-state index in [1.54, 1.807) is 12.3 Å². The molecule has 0 saturated carbocycles. The Bertz CT molecular complexity index is 78.9. The molecule has 1 heteroatoms. The van der Waals surface area contributed by atoms with Gasteiger partial charge in [-0.25, -0.2) is 0 Å². The van der Waals surface area contributed by atoms with Gasteiger partial charge in [-0.15, -0.1) is 0 Å². The molecule has 1 heterocycles. The van der Waals surface area contributed by atoms with E-state index in [-0.39, 0.29) is 7.26 Å². The molecular formula is C10H24P+. The first-order valence-electron chi connectivity index (χ1n) is 4.94. The molecule has 0 nitrogen and oxygen atoms in total. The van der Waals surface area contributed by atoms with Gasteiger partial charge in [0, 0.05) is 20.6 Å². The van der Waals surface area contributed by atoms with Crippen molar-refractivity contribution < 1.29 is 0 Å². The molecule has 1 aliphatic rings. The van der Waals surface area contributed by atoms with Gasteiger partial charge in [0.25, 0.3) is 0 Å². The Morgan fingerprint density at radius 1 is 0.909 bits per heavy atom. The van der Waals surface area contributed by atoms with Gasteiger partial charge in [-0.1, -0.05) is 20.3 Å². The van der Waals surface area contributed by atoms with Gasteiger partial charge in [-0.05, 0) is 19.3 Å². The van der Waals surface area contributed by atoms with Crippen LogP contribution in [0, 0.1) is 0 Å². The van der Waals surface area contributed by atoms with Crippen LogP contribution in [0.25, 0.3) is 0 Å². The lowest BCUT2D eigenvalue weighted by Gasteiger charge is -2.21. The van der Waals surface area contributed by atoms with E-state index >= 15 is 0 Å². The third-order valence-electron chi connectivity index (χ3n) is 2.03. The molecule has 1 rings (SSSR count). The van der Waals surface area contributed by atoms with Crippen molar-refractivity contribution in [1.29, 1.82) is 0 Å². The predicted octanol–water partition coefficient (Wildman–Crippen LogP) is 3.86. The Morgan fingerprint density at radius 3 is 1.45 bits per heavy atom. The summed E-state index contributed by atoms with van der Waals surface area (Å²) in [5, 5.41) is 0. The summed E-state index contributed by atoms with van der Waals surface area (Å²) in [6, 6.07) is 0. The van der Waals surface area contributed by atoms with Crippen molar-refractivity contribution in [2.24, 2.45) is 0 Å². The molecule has 1 saturated heterocycles. The second-order valence-electron chi connectivity index (χ2n) is 4.15. The van der Waals surface area contributed by atoms with Crippen LogP contribution in [0.5, 0.6) is 0 Å². The van der Waals surface area contributed by atoms with Crippen LogP contribution >= 0.6 is 7.26 Å². The summed E-state index contributed by atoms with van der Waals surface area (Å²) in [5.41, 5.74) is 0. The lowest BCUT2D eigenvalue weighted by atomic mass is 10.3. The molecule has 0 N–H and O–H groups in total. The summed E-state index contributed by atoms with van der Waals surface area (Å²) in [6.45, 7) is 9.23. The van der Waals surface area contributed by atoms with Crippen LogP contribution in [-0.4, -0.2) is 25.7 Å². The molecule has 0 aromatic rings. The lowest BCUT2D eigenvalue weighted by molar-refractivity contribution is 0.748. The zero-order valence-corrected chi connectivity index (χ0v) is 9.58. The summed E-state index contributed by atoms with van der Waals surface area (Å²) in [4.78, 5) is 0. The first kappa shape index (κ1) is 11.4. The maximum Gasteiger partial charge on any atom is 0.0589 e. The second kappa shape index (κ2) is 6.00. The van der Waals surface area contributed by atoms with Gasteiger partial charge in [0.05, 0.1) is 12.3 Å². The van der Waals surface area contributed by atoms with E-state index in [1.807, 2.05) is 0 Å². The Balaban J connectivity index is 0.000000292. The average molecular weight is 175 g/mol. The molecule has 0 spiro atoms. The van der Waals surface area contributed by atoms with E-state index in [1.165, 1.54) is 25.7 Å². The van der Waals surface area contributed by atoms with Gasteiger partial charge >= 0.3 is 0 Å². The maximum absolute atomic E-state index is 2.49. The number of rotatable bonds is 0.